The molecule has 4 aromatic rings. The van der Waals surface area contributed by atoms with Crippen LogP contribution in [0.1, 0.15) is 56.2 Å². The van der Waals surface area contributed by atoms with Crippen LogP contribution in [-0.2, 0) is 16.1 Å². The Labute approximate surface area is 266 Å². The second-order valence-corrected chi connectivity index (χ2v) is 11.5. The largest absolute Gasteiger partial charge is 0.481 e. The number of carbonyl (C=O) groups excluding carboxylic acids is 3. The van der Waals surface area contributed by atoms with E-state index < -0.39 is 11.9 Å². The number of pyridine rings is 1. The molecule has 0 radical (unpaired) electrons. The van der Waals surface area contributed by atoms with Gasteiger partial charge in [-0.05, 0) is 53.6 Å². The highest BCUT2D eigenvalue weighted by Crippen LogP contribution is 2.32. The number of carbonyl (C=O) groups is 3. The molecule has 1 saturated heterocycles. The van der Waals surface area contributed by atoms with Gasteiger partial charge in [-0.3, -0.25) is 15.0 Å². The van der Waals surface area contributed by atoms with Crippen LogP contribution >= 0.6 is 0 Å². The molecule has 1 aliphatic heterocycles. The van der Waals surface area contributed by atoms with Crippen molar-refractivity contribution in [3.05, 3.63) is 113 Å². The molecule has 46 heavy (non-hydrogen) atoms. The molecular weight excluding hydrogens is 586 g/mol. The minimum absolute atomic E-state index is 0.00754. The van der Waals surface area contributed by atoms with Gasteiger partial charge < -0.3 is 30.6 Å². The highest BCUT2D eigenvalue weighted by atomic mass is 16.5. The maximum absolute atomic E-state index is 13.7. The number of hydrogen-bond donors (Lipinski definition) is 4. The van der Waals surface area contributed by atoms with Crippen LogP contribution in [0.15, 0.2) is 84.9 Å². The van der Waals surface area contributed by atoms with E-state index in [1.165, 1.54) is 13.2 Å². The van der Waals surface area contributed by atoms with E-state index in [9.17, 15) is 14.4 Å². The van der Waals surface area contributed by atoms with Crippen LogP contribution in [0.5, 0.6) is 5.88 Å². The average Bonchev–Trinajstić information content (AvgIpc) is 3.40. The molecule has 236 valence electrons. The van der Waals surface area contributed by atoms with Crippen LogP contribution in [0.4, 0.5) is 5.69 Å². The number of nitrogens with two attached hydrogens (primary N) is 1. The molecule has 0 spiro atoms. The molecule has 2 heterocycles. The summed E-state index contributed by atoms with van der Waals surface area (Å²) in [4.78, 5) is 45.1. The van der Waals surface area contributed by atoms with Crippen molar-refractivity contribution in [1.29, 1.82) is 5.41 Å². The number of benzene rings is 3. The summed E-state index contributed by atoms with van der Waals surface area (Å²) in [7, 11) is 1.43. The number of anilines is 1. The minimum Gasteiger partial charge on any atom is -0.481 e. The molecule has 0 aliphatic carbocycles. The van der Waals surface area contributed by atoms with Gasteiger partial charge in [0.15, 0.2) is 0 Å². The van der Waals surface area contributed by atoms with E-state index in [0.29, 0.717) is 35.6 Å². The summed E-state index contributed by atoms with van der Waals surface area (Å²) in [6.07, 6.45) is 0. The maximum atomic E-state index is 13.7. The zero-order chi connectivity index (χ0) is 32.8. The molecule has 1 atom stereocenters. The Hall–Kier alpha value is -5.55. The van der Waals surface area contributed by atoms with Gasteiger partial charge in [-0.2, -0.15) is 0 Å². The third kappa shape index (κ3) is 7.22. The van der Waals surface area contributed by atoms with Crippen molar-refractivity contribution in [1.82, 2.24) is 10.3 Å². The average molecular weight is 622 g/mol. The lowest BCUT2D eigenvalue weighted by Gasteiger charge is -2.25. The molecule has 0 bridgehead atoms. The van der Waals surface area contributed by atoms with Gasteiger partial charge in [0.2, 0.25) is 5.88 Å². The number of amides is 2. The van der Waals surface area contributed by atoms with E-state index in [1.807, 2.05) is 44.2 Å². The van der Waals surface area contributed by atoms with E-state index in [2.05, 4.69) is 15.6 Å². The molecule has 1 aliphatic rings. The number of hydrogen-bond acceptors (Lipinski definition) is 8. The SMILES string of the molecule is COc1ccc(-c2ccc(C(=O)NC3COCC3(C)C)cc2C(=O)OCc2ccccc2)c(C(=O)Nc2ccc(C(=N)N)cc2)n1. The van der Waals surface area contributed by atoms with E-state index in [1.54, 1.807) is 48.5 Å². The second-order valence-electron chi connectivity index (χ2n) is 11.5. The predicted molar refractivity (Wildman–Crippen MR) is 173 cm³/mol. The number of esters is 1. The Morgan fingerprint density at radius 3 is 2.30 bits per heavy atom. The summed E-state index contributed by atoms with van der Waals surface area (Å²) >= 11 is 0. The lowest BCUT2D eigenvalue weighted by molar-refractivity contribution is 0.0473. The van der Waals surface area contributed by atoms with Crippen molar-refractivity contribution in [3.63, 3.8) is 0 Å². The van der Waals surface area contributed by atoms with Gasteiger partial charge in [0.05, 0.1) is 31.9 Å². The zero-order valence-corrected chi connectivity index (χ0v) is 25.8. The number of aromatic nitrogens is 1. The highest BCUT2D eigenvalue weighted by Gasteiger charge is 2.37. The lowest BCUT2D eigenvalue weighted by atomic mass is 9.87. The summed E-state index contributed by atoms with van der Waals surface area (Å²) in [5, 5.41) is 13.4. The predicted octanol–water partition coefficient (Wildman–Crippen LogP) is 4.81. The first kappa shape index (κ1) is 31.9. The van der Waals surface area contributed by atoms with E-state index in [-0.39, 0.29) is 52.5 Å². The smallest absolute Gasteiger partial charge is 0.339 e. The standard InChI is InChI=1S/C35H35N5O6/c1-35(2)20-45-19-28(35)39-32(41)23-11-14-25(27(17-23)34(43)46-18-21-7-5-4-6-8-21)26-15-16-29(44-3)40-30(26)33(42)38-24-12-9-22(10-13-24)31(36)37/h4-17,28H,18-20H2,1-3H3,(H3,36,37)(H,38,42)(H,39,41). The van der Waals surface area contributed by atoms with Gasteiger partial charge >= 0.3 is 5.97 Å². The fourth-order valence-corrected chi connectivity index (χ4v) is 5.00. The number of nitrogen functional groups attached to an aromatic ring is 1. The molecule has 11 heteroatoms. The van der Waals surface area contributed by atoms with Gasteiger partial charge in [-0.1, -0.05) is 50.2 Å². The summed E-state index contributed by atoms with van der Waals surface area (Å²) in [6, 6.07) is 23.3. The molecule has 2 amide bonds. The molecule has 1 unspecified atom stereocenters. The number of ether oxygens (including phenoxy) is 3. The van der Waals surface area contributed by atoms with Crippen LogP contribution in [0.2, 0.25) is 0 Å². The third-order valence-electron chi connectivity index (χ3n) is 7.76. The quantitative estimate of drug-likeness (QED) is 0.111. The second kappa shape index (κ2) is 13.6. The topological polar surface area (TPSA) is 166 Å². The Kier molecular flexibility index (Phi) is 9.43. The number of methoxy groups -OCH3 is 1. The summed E-state index contributed by atoms with van der Waals surface area (Å²) in [5.41, 5.74) is 8.00. The molecule has 3 aromatic carbocycles. The van der Waals surface area contributed by atoms with Crippen molar-refractivity contribution >= 4 is 29.3 Å². The molecule has 0 saturated carbocycles. The minimum atomic E-state index is -0.681. The molecule has 5 N–H and O–H groups in total. The van der Waals surface area contributed by atoms with Crippen LogP contribution in [0.3, 0.4) is 0 Å². The Bertz CT molecular complexity index is 1770. The Balaban J connectivity index is 1.52. The summed E-state index contributed by atoms with van der Waals surface area (Å²) in [6.45, 7) is 4.94. The monoisotopic (exact) mass is 621 g/mol. The molecular formula is C35H35N5O6. The number of nitrogens with one attached hydrogen (secondary N) is 3. The summed E-state index contributed by atoms with van der Waals surface area (Å²) < 4.78 is 16.6. The van der Waals surface area contributed by atoms with Crippen LogP contribution in [0, 0.1) is 10.8 Å². The van der Waals surface area contributed by atoms with Gasteiger partial charge in [0, 0.05) is 33.9 Å². The fourth-order valence-electron chi connectivity index (χ4n) is 5.00. The highest BCUT2D eigenvalue weighted by molar-refractivity contribution is 6.10. The molecule has 1 aromatic heterocycles. The fraction of sp³-hybridized carbons (Fsp3) is 0.229. The van der Waals surface area contributed by atoms with Crippen LogP contribution in [-0.4, -0.2) is 55.0 Å². The normalized spacial score (nSPS) is 15.1. The van der Waals surface area contributed by atoms with Crippen molar-refractivity contribution in [2.24, 2.45) is 11.1 Å². The third-order valence-corrected chi connectivity index (χ3v) is 7.76. The number of amidine groups is 1. The van der Waals surface area contributed by atoms with E-state index in [0.717, 1.165) is 5.56 Å². The van der Waals surface area contributed by atoms with Gasteiger partial charge in [-0.15, -0.1) is 0 Å². The number of nitrogens with zero attached hydrogens (tertiary/aromatic N) is 1. The summed E-state index contributed by atoms with van der Waals surface area (Å²) in [5.74, 6) is -1.53. The maximum Gasteiger partial charge on any atom is 0.339 e. The first-order valence-corrected chi connectivity index (χ1v) is 14.6. The van der Waals surface area contributed by atoms with Gasteiger partial charge in [0.25, 0.3) is 11.8 Å². The van der Waals surface area contributed by atoms with Crippen LogP contribution in [0.25, 0.3) is 11.1 Å². The van der Waals surface area contributed by atoms with Crippen molar-refractivity contribution in [2.45, 2.75) is 26.5 Å². The Morgan fingerprint density at radius 1 is 0.957 bits per heavy atom. The van der Waals surface area contributed by atoms with E-state index in [4.69, 9.17) is 25.4 Å². The van der Waals surface area contributed by atoms with Crippen molar-refractivity contribution in [3.8, 4) is 17.0 Å². The van der Waals surface area contributed by atoms with Crippen LogP contribution < -0.4 is 21.1 Å². The lowest BCUT2D eigenvalue weighted by Crippen LogP contribution is -2.44. The number of rotatable bonds is 10. The van der Waals surface area contributed by atoms with Gasteiger partial charge in [0.1, 0.15) is 18.1 Å². The molecule has 11 nitrogen and oxygen atoms in total. The first-order valence-electron chi connectivity index (χ1n) is 14.6. The first-order chi connectivity index (χ1) is 22.1. The van der Waals surface area contributed by atoms with Crippen molar-refractivity contribution in [2.75, 3.05) is 25.6 Å². The van der Waals surface area contributed by atoms with Gasteiger partial charge in [-0.25, -0.2) is 9.78 Å². The van der Waals surface area contributed by atoms with Crippen molar-refractivity contribution < 1.29 is 28.6 Å². The Morgan fingerprint density at radius 2 is 1.65 bits per heavy atom. The molecule has 1 fully saturated rings. The zero-order valence-electron chi connectivity index (χ0n) is 25.8. The van der Waals surface area contributed by atoms with E-state index >= 15 is 0 Å². The molecule has 5 rings (SSSR count).